The normalized spacial score (nSPS) is 15.4. The Bertz CT molecular complexity index is 425. The van der Waals surface area contributed by atoms with Crippen LogP contribution in [0.25, 0.3) is 0 Å². The van der Waals surface area contributed by atoms with Crippen LogP contribution in [0, 0.1) is 6.92 Å². The Labute approximate surface area is 121 Å². The Morgan fingerprint density at radius 2 is 2.15 bits per heavy atom. The van der Waals surface area contributed by atoms with Gasteiger partial charge in [0.2, 0.25) is 5.91 Å². The van der Waals surface area contributed by atoms with E-state index >= 15 is 0 Å². The molecule has 0 heterocycles. The first-order chi connectivity index (χ1) is 9.74. The number of carbonyl (C=O) groups is 1. The van der Waals surface area contributed by atoms with Crippen molar-refractivity contribution in [3.8, 4) is 0 Å². The molecule has 0 aliphatic heterocycles. The van der Waals surface area contributed by atoms with E-state index in [1.165, 1.54) is 31.2 Å². The number of hydrogen-bond donors (Lipinski definition) is 1. The third kappa shape index (κ3) is 5.33. The van der Waals surface area contributed by atoms with E-state index in [2.05, 4.69) is 11.4 Å². The largest absolute Gasteiger partial charge is 0.378 e. The SMILES string of the molecule is Cc1cccc(CC(=O)NCCCOC2CCCC2)c1. The van der Waals surface area contributed by atoms with E-state index in [1.807, 2.05) is 25.1 Å². The topological polar surface area (TPSA) is 38.3 Å². The van der Waals surface area contributed by atoms with Gasteiger partial charge in [-0.3, -0.25) is 4.79 Å². The molecule has 0 aromatic heterocycles. The quantitative estimate of drug-likeness (QED) is 0.777. The number of rotatable bonds is 7. The summed E-state index contributed by atoms with van der Waals surface area (Å²) in [5.41, 5.74) is 2.27. The first-order valence-corrected chi connectivity index (χ1v) is 7.68. The minimum atomic E-state index is 0.0940. The number of carbonyl (C=O) groups excluding carboxylic acids is 1. The van der Waals surface area contributed by atoms with Crippen molar-refractivity contribution in [2.24, 2.45) is 0 Å². The predicted molar refractivity (Wildman–Crippen MR) is 80.7 cm³/mol. The number of ether oxygens (including phenoxy) is 1. The Kier molecular flexibility index (Phi) is 6.06. The van der Waals surface area contributed by atoms with Crippen LogP contribution in [0.2, 0.25) is 0 Å². The number of hydrogen-bond acceptors (Lipinski definition) is 2. The molecule has 20 heavy (non-hydrogen) atoms. The molecule has 1 aliphatic rings. The van der Waals surface area contributed by atoms with Gasteiger partial charge >= 0.3 is 0 Å². The van der Waals surface area contributed by atoms with E-state index < -0.39 is 0 Å². The van der Waals surface area contributed by atoms with Gasteiger partial charge in [0.1, 0.15) is 0 Å². The molecule has 1 aliphatic carbocycles. The molecule has 1 N–H and O–H groups in total. The molecule has 0 radical (unpaired) electrons. The molecule has 1 aromatic carbocycles. The van der Waals surface area contributed by atoms with E-state index in [4.69, 9.17) is 4.74 Å². The van der Waals surface area contributed by atoms with Crippen LogP contribution in [-0.4, -0.2) is 25.2 Å². The van der Waals surface area contributed by atoms with Crippen LogP contribution in [0.15, 0.2) is 24.3 Å². The first-order valence-electron chi connectivity index (χ1n) is 7.68. The van der Waals surface area contributed by atoms with E-state index in [1.54, 1.807) is 0 Å². The van der Waals surface area contributed by atoms with Gasteiger partial charge in [-0.2, -0.15) is 0 Å². The predicted octanol–water partition coefficient (Wildman–Crippen LogP) is 3.00. The summed E-state index contributed by atoms with van der Waals surface area (Å²) >= 11 is 0. The second kappa shape index (κ2) is 8.05. The summed E-state index contributed by atoms with van der Waals surface area (Å²) in [4.78, 5) is 11.8. The lowest BCUT2D eigenvalue weighted by Crippen LogP contribution is -2.27. The van der Waals surface area contributed by atoms with E-state index in [9.17, 15) is 4.79 Å². The van der Waals surface area contributed by atoms with Gasteiger partial charge in [0.05, 0.1) is 12.5 Å². The molecular formula is C17H25NO2. The van der Waals surface area contributed by atoms with Crippen LogP contribution < -0.4 is 5.32 Å². The molecule has 0 atom stereocenters. The van der Waals surface area contributed by atoms with E-state index in [0.29, 0.717) is 19.1 Å². The Balaban J connectivity index is 1.55. The van der Waals surface area contributed by atoms with Crippen molar-refractivity contribution in [2.45, 2.75) is 51.6 Å². The second-order valence-corrected chi connectivity index (χ2v) is 5.65. The fraction of sp³-hybridized carbons (Fsp3) is 0.588. The van der Waals surface area contributed by atoms with Crippen LogP contribution in [0.4, 0.5) is 0 Å². The molecule has 1 aromatic rings. The van der Waals surface area contributed by atoms with Crippen LogP contribution in [0.1, 0.15) is 43.2 Å². The minimum absolute atomic E-state index is 0.0940. The van der Waals surface area contributed by atoms with Crippen molar-refractivity contribution in [1.82, 2.24) is 5.32 Å². The van der Waals surface area contributed by atoms with Gasteiger partial charge in [0.15, 0.2) is 0 Å². The molecule has 110 valence electrons. The molecule has 0 unspecified atom stereocenters. The zero-order valence-electron chi connectivity index (χ0n) is 12.4. The number of nitrogens with one attached hydrogen (secondary N) is 1. The maximum absolute atomic E-state index is 11.8. The lowest BCUT2D eigenvalue weighted by atomic mass is 10.1. The van der Waals surface area contributed by atoms with Crippen molar-refractivity contribution in [3.05, 3.63) is 35.4 Å². The van der Waals surface area contributed by atoms with Crippen LogP contribution in [0.5, 0.6) is 0 Å². The van der Waals surface area contributed by atoms with Gasteiger partial charge < -0.3 is 10.1 Å². The molecular weight excluding hydrogens is 250 g/mol. The van der Waals surface area contributed by atoms with Crippen molar-refractivity contribution in [3.63, 3.8) is 0 Å². The van der Waals surface area contributed by atoms with Crippen LogP contribution in [-0.2, 0) is 16.0 Å². The number of benzene rings is 1. The average Bonchev–Trinajstić information content (AvgIpc) is 2.91. The van der Waals surface area contributed by atoms with Crippen molar-refractivity contribution in [1.29, 1.82) is 0 Å². The van der Waals surface area contributed by atoms with Gasteiger partial charge in [-0.05, 0) is 31.7 Å². The van der Waals surface area contributed by atoms with Gasteiger partial charge in [0, 0.05) is 13.2 Å². The molecule has 1 amide bonds. The minimum Gasteiger partial charge on any atom is -0.378 e. The summed E-state index contributed by atoms with van der Waals surface area (Å²) in [6.45, 7) is 3.51. The molecule has 0 saturated heterocycles. The molecule has 0 bridgehead atoms. The Hall–Kier alpha value is -1.35. The maximum Gasteiger partial charge on any atom is 0.224 e. The molecule has 0 spiro atoms. The summed E-state index contributed by atoms with van der Waals surface area (Å²) in [6, 6.07) is 8.09. The Morgan fingerprint density at radius 1 is 1.35 bits per heavy atom. The molecule has 2 rings (SSSR count). The summed E-state index contributed by atoms with van der Waals surface area (Å²) in [5, 5.41) is 2.96. The van der Waals surface area contributed by atoms with Crippen molar-refractivity contribution in [2.75, 3.05) is 13.2 Å². The molecule has 3 nitrogen and oxygen atoms in total. The number of amides is 1. The average molecular weight is 275 g/mol. The second-order valence-electron chi connectivity index (χ2n) is 5.65. The molecule has 1 saturated carbocycles. The van der Waals surface area contributed by atoms with E-state index in [-0.39, 0.29) is 5.91 Å². The highest BCUT2D eigenvalue weighted by atomic mass is 16.5. The highest BCUT2D eigenvalue weighted by Crippen LogP contribution is 2.20. The lowest BCUT2D eigenvalue weighted by molar-refractivity contribution is -0.120. The zero-order valence-corrected chi connectivity index (χ0v) is 12.4. The lowest BCUT2D eigenvalue weighted by Gasteiger charge is -2.11. The highest BCUT2D eigenvalue weighted by molar-refractivity contribution is 5.78. The summed E-state index contributed by atoms with van der Waals surface area (Å²) in [5.74, 6) is 0.0940. The monoisotopic (exact) mass is 275 g/mol. The number of aryl methyl sites for hydroxylation is 1. The fourth-order valence-corrected chi connectivity index (χ4v) is 2.67. The summed E-state index contributed by atoms with van der Waals surface area (Å²) < 4.78 is 5.77. The van der Waals surface area contributed by atoms with Gasteiger partial charge in [0.25, 0.3) is 0 Å². The maximum atomic E-state index is 11.8. The zero-order chi connectivity index (χ0) is 14.2. The smallest absolute Gasteiger partial charge is 0.224 e. The summed E-state index contributed by atoms with van der Waals surface area (Å²) in [7, 11) is 0. The third-order valence-corrected chi connectivity index (χ3v) is 3.75. The standard InChI is InChI=1S/C17H25NO2/c1-14-6-4-7-15(12-14)13-17(19)18-10-5-11-20-16-8-2-3-9-16/h4,6-7,12,16H,2-3,5,8-11,13H2,1H3,(H,18,19). The van der Waals surface area contributed by atoms with Crippen LogP contribution in [0.3, 0.4) is 0 Å². The van der Waals surface area contributed by atoms with Crippen molar-refractivity contribution < 1.29 is 9.53 Å². The summed E-state index contributed by atoms with van der Waals surface area (Å²) in [6.07, 6.45) is 6.86. The van der Waals surface area contributed by atoms with Gasteiger partial charge in [-0.15, -0.1) is 0 Å². The third-order valence-electron chi connectivity index (χ3n) is 3.75. The highest BCUT2D eigenvalue weighted by Gasteiger charge is 2.14. The van der Waals surface area contributed by atoms with Gasteiger partial charge in [-0.25, -0.2) is 0 Å². The molecule has 3 heteroatoms. The van der Waals surface area contributed by atoms with Crippen LogP contribution >= 0.6 is 0 Å². The van der Waals surface area contributed by atoms with Crippen molar-refractivity contribution >= 4 is 5.91 Å². The molecule has 1 fully saturated rings. The Morgan fingerprint density at radius 3 is 2.90 bits per heavy atom. The van der Waals surface area contributed by atoms with E-state index in [0.717, 1.165) is 18.6 Å². The van der Waals surface area contributed by atoms with Gasteiger partial charge in [-0.1, -0.05) is 42.7 Å². The fourth-order valence-electron chi connectivity index (χ4n) is 2.67. The first kappa shape index (κ1) is 15.0.